The van der Waals surface area contributed by atoms with Crippen molar-refractivity contribution in [1.82, 2.24) is 19.3 Å². The van der Waals surface area contributed by atoms with E-state index < -0.39 is 0 Å². The van der Waals surface area contributed by atoms with Crippen LogP contribution in [0.25, 0.3) is 0 Å². The Bertz CT molecular complexity index is 786. The fourth-order valence-corrected chi connectivity index (χ4v) is 3.91. The topological polar surface area (TPSA) is 90.4 Å². The van der Waals surface area contributed by atoms with Crippen LogP contribution in [0.15, 0.2) is 6.33 Å². The smallest absolute Gasteiger partial charge is 0.244 e. The van der Waals surface area contributed by atoms with Crippen molar-refractivity contribution in [3.63, 3.8) is 0 Å². The number of hydrogen-bond donors (Lipinski definition) is 1. The molecule has 9 nitrogen and oxygen atoms in total. The largest absolute Gasteiger partial charge is 0.351 e. The lowest BCUT2D eigenvalue weighted by Gasteiger charge is -2.37. The van der Waals surface area contributed by atoms with E-state index in [2.05, 4.69) is 41.4 Å². The molecule has 132 valence electrons. The average Bonchev–Trinajstić information content (AvgIpc) is 3.10. The van der Waals surface area contributed by atoms with Gasteiger partial charge in [-0.15, -0.1) is 0 Å². The van der Waals surface area contributed by atoms with E-state index in [4.69, 9.17) is 0 Å². The molecule has 1 fully saturated rings. The molecular weight excluding hydrogens is 340 g/mol. The van der Waals surface area contributed by atoms with Crippen LogP contribution in [0, 0.1) is 0 Å². The molecule has 0 saturated carbocycles. The fraction of sp³-hybridized carbons (Fsp3) is 0.533. The lowest BCUT2D eigenvalue weighted by atomic mass is 10.2. The number of nitrogens with zero attached hydrogens (tertiary/aromatic N) is 7. The van der Waals surface area contributed by atoms with Gasteiger partial charge in [0.25, 0.3) is 0 Å². The van der Waals surface area contributed by atoms with Crippen molar-refractivity contribution in [2.45, 2.75) is 13.3 Å². The lowest BCUT2D eigenvalue weighted by Crippen LogP contribution is -2.47. The zero-order valence-electron chi connectivity index (χ0n) is 14.3. The van der Waals surface area contributed by atoms with Crippen LogP contribution in [-0.4, -0.2) is 65.0 Å². The summed E-state index contributed by atoms with van der Waals surface area (Å²) >= 11 is 1.46. The zero-order chi connectivity index (χ0) is 17.4. The Hall–Kier alpha value is -2.49. The number of nitrogens with one attached hydrogen (secondary N) is 1. The summed E-state index contributed by atoms with van der Waals surface area (Å²) in [5, 5.41) is 3.91. The highest BCUT2D eigenvalue weighted by molar-refractivity contribution is 7.09. The molecule has 0 unspecified atom stereocenters. The summed E-state index contributed by atoms with van der Waals surface area (Å²) in [6.07, 6.45) is 2.42. The van der Waals surface area contributed by atoms with E-state index in [-0.39, 0.29) is 5.91 Å². The number of aryl methyl sites for hydroxylation is 1. The van der Waals surface area contributed by atoms with E-state index >= 15 is 0 Å². The lowest BCUT2D eigenvalue weighted by molar-refractivity contribution is -0.115. The third-order valence-electron chi connectivity index (χ3n) is 4.44. The van der Waals surface area contributed by atoms with Crippen LogP contribution in [-0.2, 0) is 11.2 Å². The van der Waals surface area contributed by atoms with Crippen LogP contribution >= 0.6 is 11.5 Å². The maximum atomic E-state index is 11.9. The monoisotopic (exact) mass is 360 g/mol. The van der Waals surface area contributed by atoms with E-state index in [1.807, 2.05) is 11.9 Å². The first-order valence-corrected chi connectivity index (χ1v) is 9.11. The number of hydrogen-bond acceptors (Lipinski definition) is 9. The first kappa shape index (κ1) is 16.0. The third-order valence-corrected chi connectivity index (χ3v) is 5.25. The van der Waals surface area contributed by atoms with Crippen molar-refractivity contribution in [2.24, 2.45) is 0 Å². The average molecular weight is 360 g/mol. The van der Waals surface area contributed by atoms with Gasteiger partial charge < -0.3 is 20.0 Å². The van der Waals surface area contributed by atoms with Crippen molar-refractivity contribution in [3.05, 3.63) is 12.2 Å². The van der Waals surface area contributed by atoms with E-state index in [1.165, 1.54) is 11.5 Å². The van der Waals surface area contributed by atoms with Crippen LogP contribution in [0.1, 0.15) is 12.7 Å². The van der Waals surface area contributed by atoms with E-state index in [0.29, 0.717) is 12.2 Å². The minimum absolute atomic E-state index is 0.0364. The molecule has 10 heteroatoms. The number of carbonyl (C=O) groups excluding carboxylic acids is 1. The fourth-order valence-electron chi connectivity index (χ4n) is 3.10. The van der Waals surface area contributed by atoms with Crippen LogP contribution in [0.2, 0.25) is 0 Å². The second-order valence-electron chi connectivity index (χ2n) is 6.12. The number of piperazine rings is 1. The Morgan fingerprint density at radius 3 is 2.60 bits per heavy atom. The summed E-state index contributed by atoms with van der Waals surface area (Å²) in [5.74, 6) is 2.42. The molecule has 4 rings (SSSR count). The summed E-state index contributed by atoms with van der Waals surface area (Å²) in [6.45, 7) is 5.69. The van der Waals surface area contributed by atoms with E-state index in [0.717, 1.165) is 55.2 Å². The van der Waals surface area contributed by atoms with Gasteiger partial charge in [0.1, 0.15) is 17.8 Å². The molecule has 0 bridgehead atoms. The first-order valence-electron chi connectivity index (χ1n) is 8.34. The number of likely N-dealkylation sites (N-methyl/N-ethyl adjacent to an activating group) is 1. The van der Waals surface area contributed by atoms with Crippen molar-refractivity contribution in [1.29, 1.82) is 0 Å². The van der Waals surface area contributed by atoms with Gasteiger partial charge in [0.15, 0.2) is 11.6 Å². The van der Waals surface area contributed by atoms with E-state index in [1.54, 1.807) is 6.33 Å². The Kier molecular flexibility index (Phi) is 4.12. The maximum Gasteiger partial charge on any atom is 0.244 e. The number of aromatic nitrogens is 4. The molecule has 2 aliphatic rings. The number of rotatable bonds is 3. The Morgan fingerprint density at radius 1 is 1.16 bits per heavy atom. The summed E-state index contributed by atoms with van der Waals surface area (Å²) in [7, 11) is 1.87. The molecule has 1 saturated heterocycles. The minimum Gasteiger partial charge on any atom is -0.351 e. The number of carbonyl (C=O) groups is 1. The highest BCUT2D eigenvalue weighted by Crippen LogP contribution is 2.34. The maximum absolute atomic E-state index is 11.9. The molecule has 0 radical (unpaired) electrons. The first-order chi connectivity index (χ1) is 12.2. The minimum atomic E-state index is -0.0364. The van der Waals surface area contributed by atoms with Gasteiger partial charge >= 0.3 is 0 Å². The van der Waals surface area contributed by atoms with Gasteiger partial charge in [-0.1, -0.05) is 6.92 Å². The molecule has 4 heterocycles. The van der Waals surface area contributed by atoms with Gasteiger partial charge in [-0.3, -0.25) is 4.79 Å². The third kappa shape index (κ3) is 2.97. The van der Waals surface area contributed by atoms with Crippen LogP contribution in [0.5, 0.6) is 0 Å². The van der Waals surface area contributed by atoms with Gasteiger partial charge in [-0.05, 0) is 0 Å². The van der Waals surface area contributed by atoms with Crippen LogP contribution < -0.4 is 20.0 Å². The van der Waals surface area contributed by atoms with Gasteiger partial charge in [0.2, 0.25) is 11.0 Å². The molecule has 25 heavy (non-hydrogen) atoms. The molecule has 0 aliphatic carbocycles. The molecule has 2 aliphatic heterocycles. The summed E-state index contributed by atoms with van der Waals surface area (Å²) in [6, 6.07) is 0. The summed E-state index contributed by atoms with van der Waals surface area (Å²) < 4.78 is 4.36. The highest BCUT2D eigenvalue weighted by atomic mass is 32.1. The second kappa shape index (κ2) is 6.43. The highest BCUT2D eigenvalue weighted by Gasteiger charge is 2.28. The van der Waals surface area contributed by atoms with Crippen molar-refractivity contribution in [2.75, 3.05) is 59.8 Å². The normalized spacial score (nSPS) is 17.5. The summed E-state index contributed by atoms with van der Waals surface area (Å²) in [4.78, 5) is 31.5. The van der Waals surface area contributed by atoms with Gasteiger partial charge in [-0.2, -0.15) is 4.37 Å². The van der Waals surface area contributed by atoms with Gasteiger partial charge in [-0.25, -0.2) is 15.0 Å². The predicted molar refractivity (Wildman–Crippen MR) is 97.6 cm³/mol. The molecule has 0 atom stereocenters. The van der Waals surface area contributed by atoms with Crippen molar-refractivity contribution < 1.29 is 4.79 Å². The molecular formula is C15H20N8OS. The molecule has 0 spiro atoms. The van der Waals surface area contributed by atoms with Crippen molar-refractivity contribution >= 4 is 39.9 Å². The summed E-state index contributed by atoms with van der Waals surface area (Å²) in [5.41, 5.74) is 0.707. The van der Waals surface area contributed by atoms with Gasteiger partial charge in [0, 0.05) is 51.2 Å². The second-order valence-corrected chi connectivity index (χ2v) is 6.85. The van der Waals surface area contributed by atoms with Crippen LogP contribution in [0.4, 0.5) is 22.5 Å². The molecule has 1 amide bonds. The van der Waals surface area contributed by atoms with E-state index in [9.17, 15) is 4.79 Å². The number of anilines is 4. The SMILES string of the molecule is CCc1nsc(N2CCN(c3ncnc4c3NC(=O)CN4C)CC2)n1. The standard InChI is InChI=1S/C15H20N8OS/c1-3-10-18-15(25-20-10)23-6-4-22(5-7-23)14-12-13(16-9-17-14)21(2)8-11(24)19-12/h9H,3-8H2,1-2H3,(H,19,24). The van der Waals surface area contributed by atoms with Gasteiger partial charge in [0.05, 0.1) is 6.54 Å². The predicted octanol–water partition coefficient (Wildman–Crippen LogP) is 0.605. The zero-order valence-corrected chi connectivity index (χ0v) is 15.1. The quantitative estimate of drug-likeness (QED) is 0.851. The Balaban J connectivity index is 1.51. The molecule has 2 aromatic rings. The van der Waals surface area contributed by atoms with Crippen molar-refractivity contribution in [3.8, 4) is 0 Å². The number of fused-ring (bicyclic) bond motifs is 1. The molecule has 2 aromatic heterocycles. The molecule has 0 aromatic carbocycles. The Morgan fingerprint density at radius 2 is 1.88 bits per heavy atom. The number of amides is 1. The van der Waals surface area contributed by atoms with Crippen LogP contribution in [0.3, 0.4) is 0 Å². The molecule has 1 N–H and O–H groups in total. The Labute approximate surface area is 149 Å².